The number of nitrogens with one attached hydrogen (secondary N) is 2. The fourth-order valence-corrected chi connectivity index (χ4v) is 2.73. The van der Waals surface area contributed by atoms with Crippen LogP contribution in [0, 0.1) is 0 Å². The number of aliphatic hydroxyl groups is 1. The van der Waals surface area contributed by atoms with Crippen molar-refractivity contribution < 1.29 is 28.9 Å². The number of aliphatic hydroxyl groups excluding tert-OH is 1. The molecule has 0 aromatic heterocycles. The van der Waals surface area contributed by atoms with Gasteiger partial charge in [-0.1, -0.05) is 13.8 Å². The van der Waals surface area contributed by atoms with E-state index in [9.17, 15) is 14.7 Å². The molecule has 158 valence electrons. The van der Waals surface area contributed by atoms with Crippen LogP contribution in [0.2, 0.25) is 0 Å². The maximum absolute atomic E-state index is 12.2. The molecule has 0 saturated carbocycles. The van der Waals surface area contributed by atoms with Crippen molar-refractivity contribution in [2.75, 3.05) is 59.3 Å². The molecule has 0 aromatic rings. The first kappa shape index (κ1) is 23.8. The van der Waals surface area contributed by atoms with E-state index >= 15 is 0 Å². The summed E-state index contributed by atoms with van der Waals surface area (Å²) in [6, 6.07) is -0.181. The van der Waals surface area contributed by atoms with E-state index < -0.39 is 12.1 Å². The van der Waals surface area contributed by atoms with Gasteiger partial charge in [-0.2, -0.15) is 0 Å². The Balaban J connectivity index is 2.07. The standard InChI is InChI=1S/C18H35N3O6/c1-4-19-18(24)16-11-15(22)12-21(16)17(23)13-27-10-9-26-8-7-25-6-5-20-14(2)3/h14-16,20,22H,4-13H2,1-3H3,(H,19,24). The lowest BCUT2D eigenvalue weighted by molar-refractivity contribution is -0.142. The Kier molecular flexibility index (Phi) is 12.2. The SMILES string of the molecule is CCNC(=O)C1CC(O)CN1C(=O)COCCOCCOCCNC(C)C. The quantitative estimate of drug-likeness (QED) is 0.331. The zero-order valence-electron chi connectivity index (χ0n) is 16.7. The van der Waals surface area contributed by atoms with Crippen LogP contribution in [0.3, 0.4) is 0 Å². The Hall–Kier alpha value is -1.26. The number of likely N-dealkylation sites (N-methyl/N-ethyl adjacent to an activating group) is 1. The van der Waals surface area contributed by atoms with Crippen LogP contribution in [0.5, 0.6) is 0 Å². The van der Waals surface area contributed by atoms with Crippen molar-refractivity contribution in [1.82, 2.24) is 15.5 Å². The van der Waals surface area contributed by atoms with Crippen molar-refractivity contribution in [1.29, 1.82) is 0 Å². The lowest BCUT2D eigenvalue weighted by Gasteiger charge is -2.23. The summed E-state index contributed by atoms with van der Waals surface area (Å²) in [6.07, 6.45) is -0.423. The molecule has 1 aliphatic heterocycles. The second kappa shape index (κ2) is 13.8. The minimum atomic E-state index is -0.680. The Morgan fingerprint density at radius 1 is 1.11 bits per heavy atom. The first-order valence-corrected chi connectivity index (χ1v) is 9.67. The lowest BCUT2D eigenvalue weighted by Crippen LogP contribution is -2.47. The van der Waals surface area contributed by atoms with Gasteiger partial charge in [-0.15, -0.1) is 0 Å². The summed E-state index contributed by atoms with van der Waals surface area (Å²) >= 11 is 0. The predicted octanol–water partition coefficient (Wildman–Crippen LogP) is -0.868. The second-order valence-corrected chi connectivity index (χ2v) is 6.73. The van der Waals surface area contributed by atoms with Crippen LogP contribution in [-0.2, 0) is 23.8 Å². The minimum absolute atomic E-state index is 0.136. The third-order valence-corrected chi connectivity index (χ3v) is 4.02. The van der Waals surface area contributed by atoms with Crippen molar-refractivity contribution in [2.24, 2.45) is 0 Å². The molecule has 1 saturated heterocycles. The number of carbonyl (C=O) groups is 2. The maximum atomic E-state index is 12.2. The fraction of sp³-hybridized carbons (Fsp3) is 0.889. The highest BCUT2D eigenvalue weighted by Gasteiger charge is 2.38. The lowest BCUT2D eigenvalue weighted by atomic mass is 10.2. The maximum Gasteiger partial charge on any atom is 0.249 e. The van der Waals surface area contributed by atoms with Crippen molar-refractivity contribution in [3.05, 3.63) is 0 Å². The van der Waals surface area contributed by atoms with Gasteiger partial charge in [0.25, 0.3) is 0 Å². The molecule has 9 nitrogen and oxygen atoms in total. The number of amides is 2. The summed E-state index contributed by atoms with van der Waals surface area (Å²) in [5.41, 5.74) is 0. The van der Waals surface area contributed by atoms with Gasteiger partial charge in [0, 0.05) is 32.1 Å². The van der Waals surface area contributed by atoms with Crippen molar-refractivity contribution in [2.45, 2.75) is 45.4 Å². The first-order chi connectivity index (χ1) is 13.0. The number of β-amino-alcohol motifs (C(OH)–C–C–N with tert-alkyl or cyclic N) is 1. The summed E-state index contributed by atoms with van der Waals surface area (Å²) < 4.78 is 16.1. The fourth-order valence-electron chi connectivity index (χ4n) is 2.73. The average Bonchev–Trinajstić information content (AvgIpc) is 3.01. The molecule has 1 heterocycles. The molecule has 2 unspecified atom stereocenters. The van der Waals surface area contributed by atoms with Gasteiger partial charge in [0.1, 0.15) is 12.6 Å². The van der Waals surface area contributed by atoms with E-state index in [4.69, 9.17) is 14.2 Å². The first-order valence-electron chi connectivity index (χ1n) is 9.67. The minimum Gasteiger partial charge on any atom is -0.391 e. The van der Waals surface area contributed by atoms with Gasteiger partial charge in [-0.05, 0) is 6.92 Å². The Labute approximate surface area is 161 Å². The number of ether oxygens (including phenoxy) is 3. The van der Waals surface area contributed by atoms with E-state index in [-0.39, 0.29) is 38.0 Å². The Morgan fingerprint density at radius 3 is 2.37 bits per heavy atom. The van der Waals surface area contributed by atoms with Crippen LogP contribution in [0.15, 0.2) is 0 Å². The number of hydrogen-bond donors (Lipinski definition) is 3. The Bertz CT molecular complexity index is 435. The molecular weight excluding hydrogens is 354 g/mol. The zero-order valence-corrected chi connectivity index (χ0v) is 16.7. The molecule has 27 heavy (non-hydrogen) atoms. The number of likely N-dealkylation sites (tertiary alicyclic amines) is 1. The normalized spacial score (nSPS) is 19.7. The van der Waals surface area contributed by atoms with Crippen LogP contribution in [-0.4, -0.2) is 99.3 Å². The van der Waals surface area contributed by atoms with Crippen LogP contribution in [0.25, 0.3) is 0 Å². The van der Waals surface area contributed by atoms with Crippen LogP contribution < -0.4 is 10.6 Å². The molecular formula is C18H35N3O6. The highest BCUT2D eigenvalue weighted by atomic mass is 16.5. The summed E-state index contributed by atoms with van der Waals surface area (Å²) in [5, 5.41) is 15.7. The van der Waals surface area contributed by atoms with E-state index in [1.54, 1.807) is 0 Å². The van der Waals surface area contributed by atoms with E-state index in [1.165, 1.54) is 4.90 Å². The highest BCUT2D eigenvalue weighted by Crippen LogP contribution is 2.18. The summed E-state index contributed by atoms with van der Waals surface area (Å²) in [4.78, 5) is 25.6. The molecule has 2 atom stereocenters. The molecule has 0 spiro atoms. The molecule has 0 radical (unpaired) electrons. The third-order valence-electron chi connectivity index (χ3n) is 4.02. The second-order valence-electron chi connectivity index (χ2n) is 6.73. The molecule has 1 aliphatic rings. The summed E-state index contributed by atoms with van der Waals surface area (Å²) in [7, 11) is 0. The van der Waals surface area contributed by atoms with Crippen LogP contribution in [0.1, 0.15) is 27.2 Å². The molecule has 9 heteroatoms. The molecule has 1 fully saturated rings. The topological polar surface area (TPSA) is 109 Å². The van der Waals surface area contributed by atoms with Gasteiger partial charge in [0.05, 0.1) is 39.1 Å². The van der Waals surface area contributed by atoms with E-state index in [1.807, 2.05) is 6.92 Å². The van der Waals surface area contributed by atoms with E-state index in [0.29, 0.717) is 39.0 Å². The van der Waals surface area contributed by atoms with Crippen molar-refractivity contribution in [3.8, 4) is 0 Å². The van der Waals surface area contributed by atoms with Gasteiger partial charge in [0.15, 0.2) is 0 Å². The Morgan fingerprint density at radius 2 is 1.74 bits per heavy atom. The summed E-state index contributed by atoms with van der Waals surface area (Å²) in [5.74, 6) is -0.543. The van der Waals surface area contributed by atoms with Crippen molar-refractivity contribution >= 4 is 11.8 Å². The third kappa shape index (κ3) is 10.0. The van der Waals surface area contributed by atoms with Gasteiger partial charge >= 0.3 is 0 Å². The number of carbonyl (C=O) groups excluding carboxylic acids is 2. The van der Waals surface area contributed by atoms with Crippen LogP contribution in [0.4, 0.5) is 0 Å². The number of rotatable bonds is 14. The average molecular weight is 389 g/mol. The molecule has 0 bridgehead atoms. The van der Waals surface area contributed by atoms with Gasteiger partial charge in [0.2, 0.25) is 11.8 Å². The smallest absolute Gasteiger partial charge is 0.249 e. The van der Waals surface area contributed by atoms with Gasteiger partial charge in [-0.25, -0.2) is 0 Å². The molecule has 3 N–H and O–H groups in total. The van der Waals surface area contributed by atoms with Crippen molar-refractivity contribution in [3.63, 3.8) is 0 Å². The number of hydrogen-bond acceptors (Lipinski definition) is 7. The van der Waals surface area contributed by atoms with Gasteiger partial charge < -0.3 is 34.9 Å². The number of nitrogens with zero attached hydrogens (tertiary/aromatic N) is 1. The highest BCUT2D eigenvalue weighted by molar-refractivity contribution is 5.88. The monoisotopic (exact) mass is 389 g/mol. The predicted molar refractivity (Wildman–Crippen MR) is 100 cm³/mol. The van der Waals surface area contributed by atoms with Crippen LogP contribution >= 0.6 is 0 Å². The summed E-state index contributed by atoms with van der Waals surface area (Å²) in [6.45, 7) is 9.56. The largest absolute Gasteiger partial charge is 0.391 e. The molecule has 1 rings (SSSR count). The molecule has 0 aromatic carbocycles. The molecule has 2 amide bonds. The zero-order chi connectivity index (χ0) is 20.1. The van der Waals surface area contributed by atoms with E-state index in [0.717, 1.165) is 6.54 Å². The van der Waals surface area contributed by atoms with Gasteiger partial charge in [-0.3, -0.25) is 9.59 Å². The molecule has 0 aliphatic carbocycles. The van der Waals surface area contributed by atoms with E-state index in [2.05, 4.69) is 24.5 Å².